The Bertz CT molecular complexity index is 930. The number of carbonyl (C=O) groups excluding carboxylic acids is 1. The molecule has 1 aromatic heterocycles. The van der Waals surface area contributed by atoms with Crippen molar-refractivity contribution in [2.45, 2.75) is 45.3 Å². The Hall–Kier alpha value is -2.52. The molecule has 0 radical (unpaired) electrons. The van der Waals surface area contributed by atoms with Crippen molar-refractivity contribution in [3.63, 3.8) is 0 Å². The topological polar surface area (TPSA) is 116 Å². The van der Waals surface area contributed by atoms with Gasteiger partial charge in [0.15, 0.2) is 0 Å². The lowest BCUT2D eigenvalue weighted by atomic mass is 9.80. The second kappa shape index (κ2) is 9.32. The zero-order valence-corrected chi connectivity index (χ0v) is 17.7. The van der Waals surface area contributed by atoms with Gasteiger partial charge in [-0.05, 0) is 74.5 Å². The van der Waals surface area contributed by atoms with Crippen molar-refractivity contribution in [2.24, 2.45) is 11.3 Å². The molecule has 5 N–H and O–H groups in total. The number of anilines is 1. The predicted octanol–water partition coefficient (Wildman–Crippen LogP) is 2.60. The minimum absolute atomic E-state index is 0.0190. The van der Waals surface area contributed by atoms with Gasteiger partial charge in [0.2, 0.25) is 5.91 Å². The molecule has 4 rings (SSSR count). The van der Waals surface area contributed by atoms with E-state index in [1.165, 1.54) is 5.56 Å². The molecule has 31 heavy (non-hydrogen) atoms. The lowest BCUT2D eigenvalue weighted by Gasteiger charge is -2.32. The molecule has 8 heteroatoms. The summed E-state index contributed by atoms with van der Waals surface area (Å²) in [6.07, 6.45) is 4.59. The van der Waals surface area contributed by atoms with Crippen molar-refractivity contribution < 1.29 is 19.8 Å². The molecule has 2 aliphatic rings. The second-order valence-corrected chi connectivity index (χ2v) is 8.75. The van der Waals surface area contributed by atoms with Crippen LogP contribution in [0.1, 0.15) is 37.3 Å². The molecule has 8 nitrogen and oxygen atoms in total. The molecular weight excluding hydrogens is 396 g/mol. The minimum atomic E-state index is -0.939. The Morgan fingerprint density at radius 3 is 2.77 bits per heavy atom. The maximum atomic E-state index is 12.8. The lowest BCUT2D eigenvalue weighted by Crippen LogP contribution is -2.42. The zero-order chi connectivity index (χ0) is 21.8. The van der Waals surface area contributed by atoms with Crippen LogP contribution >= 0.6 is 0 Å². The van der Waals surface area contributed by atoms with E-state index in [1.807, 2.05) is 30.6 Å². The number of benzene rings is 1. The summed E-state index contributed by atoms with van der Waals surface area (Å²) in [6, 6.07) is 9.42. The number of hydroxylamine groups is 1. The number of nitrogens with zero attached hydrogens (tertiary/aromatic N) is 1. The first-order chi connectivity index (χ1) is 15.0. The van der Waals surface area contributed by atoms with Gasteiger partial charge in [-0.25, -0.2) is 4.98 Å². The van der Waals surface area contributed by atoms with E-state index in [-0.39, 0.29) is 11.8 Å². The zero-order valence-electron chi connectivity index (χ0n) is 17.7. The Kier molecular flexibility index (Phi) is 6.52. The summed E-state index contributed by atoms with van der Waals surface area (Å²) in [4.78, 5) is 17.0. The molecule has 1 fully saturated rings. The molecule has 0 bridgehead atoms. The average Bonchev–Trinajstić information content (AvgIpc) is 2.79. The van der Waals surface area contributed by atoms with Crippen molar-refractivity contribution >= 4 is 11.7 Å². The molecule has 0 spiro atoms. The van der Waals surface area contributed by atoms with E-state index in [0.29, 0.717) is 23.7 Å². The molecule has 2 unspecified atom stereocenters. The molecule has 2 aromatic rings. The quantitative estimate of drug-likeness (QED) is 0.356. The molecule has 166 valence electrons. The van der Waals surface area contributed by atoms with Gasteiger partial charge in [-0.3, -0.25) is 4.79 Å². The van der Waals surface area contributed by atoms with Crippen LogP contribution in [0.3, 0.4) is 0 Å². The molecule has 0 saturated carbocycles. The van der Waals surface area contributed by atoms with Gasteiger partial charge in [-0.15, -0.1) is 0 Å². The number of aliphatic hydroxyl groups is 1. The summed E-state index contributed by atoms with van der Waals surface area (Å²) < 4.78 is 6.03. The molecule has 1 amide bonds. The highest BCUT2D eigenvalue weighted by Gasteiger charge is 2.34. The van der Waals surface area contributed by atoms with E-state index in [1.54, 1.807) is 18.3 Å². The monoisotopic (exact) mass is 426 g/mol. The smallest absolute Gasteiger partial charge is 0.231 e. The molecular formula is C23H30N4O4. The minimum Gasteiger partial charge on any atom is -0.457 e. The molecule has 1 aromatic carbocycles. The van der Waals surface area contributed by atoms with Crippen LogP contribution in [-0.4, -0.2) is 40.5 Å². The van der Waals surface area contributed by atoms with Crippen LogP contribution in [0.5, 0.6) is 11.5 Å². The first-order valence-electron chi connectivity index (χ1n) is 10.8. The van der Waals surface area contributed by atoms with Crippen LogP contribution in [0.25, 0.3) is 0 Å². The summed E-state index contributed by atoms with van der Waals surface area (Å²) in [6.45, 7) is 3.67. The molecule has 1 aliphatic heterocycles. The molecule has 2 heterocycles. The predicted molar refractivity (Wildman–Crippen MR) is 116 cm³/mol. The third-order valence-corrected chi connectivity index (χ3v) is 6.49. The largest absolute Gasteiger partial charge is 0.457 e. The summed E-state index contributed by atoms with van der Waals surface area (Å²) in [7, 11) is 0. The first-order valence-corrected chi connectivity index (χ1v) is 10.8. The van der Waals surface area contributed by atoms with Crippen molar-refractivity contribution in [3.05, 3.63) is 47.7 Å². The maximum Gasteiger partial charge on any atom is 0.231 e. The van der Waals surface area contributed by atoms with Crippen molar-refractivity contribution in [3.8, 4) is 11.5 Å². The van der Waals surface area contributed by atoms with Gasteiger partial charge in [0.1, 0.15) is 23.5 Å². The van der Waals surface area contributed by atoms with Gasteiger partial charge in [-0.1, -0.05) is 13.0 Å². The number of piperidine rings is 1. The Balaban J connectivity index is 1.44. The fraction of sp³-hybridized carbons (Fsp3) is 0.478. The Labute approximate surface area is 182 Å². The Morgan fingerprint density at radius 1 is 1.23 bits per heavy atom. The number of pyridine rings is 1. The number of hydrogen-bond donors (Lipinski definition) is 5. The number of amides is 1. The van der Waals surface area contributed by atoms with E-state index in [9.17, 15) is 9.90 Å². The fourth-order valence-electron chi connectivity index (χ4n) is 4.35. The van der Waals surface area contributed by atoms with Crippen molar-refractivity contribution in [2.75, 3.05) is 18.4 Å². The number of nitrogens with one attached hydrogen (secondary N) is 3. The number of carbonyl (C=O) groups is 1. The number of aromatic nitrogens is 1. The van der Waals surface area contributed by atoms with Crippen LogP contribution in [0.4, 0.5) is 5.82 Å². The van der Waals surface area contributed by atoms with Gasteiger partial charge >= 0.3 is 0 Å². The normalized spacial score (nSPS) is 21.1. The van der Waals surface area contributed by atoms with E-state index < -0.39 is 11.6 Å². The number of ether oxygens (including phenoxy) is 1. The van der Waals surface area contributed by atoms with Crippen LogP contribution in [-0.2, 0) is 17.6 Å². The third-order valence-electron chi connectivity index (χ3n) is 6.49. The SMILES string of the molecule is CC1(C(=O)Nc2cc(Oc3ccc4c(c3)CC(C(O)NO)CC4)ccn2)CCNCC1. The van der Waals surface area contributed by atoms with Gasteiger partial charge in [0, 0.05) is 23.6 Å². The second-order valence-electron chi connectivity index (χ2n) is 8.75. The highest BCUT2D eigenvalue weighted by Crippen LogP contribution is 2.33. The van der Waals surface area contributed by atoms with Gasteiger partial charge in [-0.2, -0.15) is 5.48 Å². The van der Waals surface area contributed by atoms with E-state index in [4.69, 9.17) is 9.94 Å². The summed E-state index contributed by atoms with van der Waals surface area (Å²) >= 11 is 0. The number of hydrogen-bond acceptors (Lipinski definition) is 7. The van der Waals surface area contributed by atoms with Crippen molar-refractivity contribution in [1.82, 2.24) is 15.8 Å². The Morgan fingerprint density at radius 2 is 2.00 bits per heavy atom. The molecule has 1 saturated heterocycles. The number of rotatable bonds is 6. The lowest BCUT2D eigenvalue weighted by molar-refractivity contribution is -0.126. The highest BCUT2D eigenvalue weighted by atomic mass is 16.5. The van der Waals surface area contributed by atoms with E-state index >= 15 is 0 Å². The van der Waals surface area contributed by atoms with Crippen LogP contribution in [0.2, 0.25) is 0 Å². The van der Waals surface area contributed by atoms with Crippen LogP contribution < -0.4 is 20.9 Å². The molecule has 2 atom stereocenters. The molecule has 1 aliphatic carbocycles. The summed E-state index contributed by atoms with van der Waals surface area (Å²) in [5.41, 5.74) is 3.88. The van der Waals surface area contributed by atoms with E-state index in [2.05, 4.69) is 15.6 Å². The number of fused-ring (bicyclic) bond motifs is 1. The highest BCUT2D eigenvalue weighted by molar-refractivity contribution is 5.94. The first kappa shape index (κ1) is 21.7. The third kappa shape index (κ3) is 5.04. The van der Waals surface area contributed by atoms with Crippen molar-refractivity contribution in [1.29, 1.82) is 0 Å². The standard InChI is InChI=1S/C23H30N4O4/c1-23(7-10-24-11-8-23)22(29)26-20-14-19(6-9-25-20)31-18-5-4-15-2-3-16(21(28)27-30)12-17(15)13-18/h4-6,9,13-14,16,21,24,27-28,30H,2-3,7-8,10-12H2,1H3,(H,25,26,29). The summed E-state index contributed by atoms with van der Waals surface area (Å²) in [5.74, 6) is 1.67. The van der Waals surface area contributed by atoms with Gasteiger partial charge in [0.05, 0.1) is 0 Å². The van der Waals surface area contributed by atoms with Gasteiger partial charge < -0.3 is 25.7 Å². The number of aliphatic hydroxyl groups excluding tert-OH is 1. The summed E-state index contributed by atoms with van der Waals surface area (Å²) in [5, 5.41) is 25.1. The average molecular weight is 427 g/mol. The van der Waals surface area contributed by atoms with Gasteiger partial charge in [0.25, 0.3) is 0 Å². The maximum absolute atomic E-state index is 12.8. The van der Waals surface area contributed by atoms with Crippen LogP contribution in [0.15, 0.2) is 36.5 Å². The van der Waals surface area contributed by atoms with Crippen LogP contribution in [0, 0.1) is 11.3 Å². The fourth-order valence-corrected chi connectivity index (χ4v) is 4.35. The number of aryl methyl sites for hydroxylation is 1. The van der Waals surface area contributed by atoms with E-state index in [0.717, 1.165) is 44.3 Å².